The van der Waals surface area contributed by atoms with Gasteiger partial charge in [0.25, 0.3) is 0 Å². The predicted molar refractivity (Wildman–Crippen MR) is 81.0 cm³/mol. The highest BCUT2D eigenvalue weighted by Gasteiger charge is 2.28. The van der Waals surface area contributed by atoms with Crippen LogP contribution in [0.25, 0.3) is 0 Å². The van der Waals surface area contributed by atoms with E-state index in [2.05, 4.69) is 22.6 Å². The number of para-hydroxylation sites is 1. The minimum absolute atomic E-state index is 0.0416. The second-order valence-electron chi connectivity index (χ2n) is 5.90. The average molecular weight is 273 g/mol. The van der Waals surface area contributed by atoms with Crippen LogP contribution >= 0.6 is 0 Å². The van der Waals surface area contributed by atoms with Crippen molar-refractivity contribution in [2.45, 2.75) is 31.2 Å². The summed E-state index contributed by atoms with van der Waals surface area (Å²) in [5.41, 5.74) is 2.23. The van der Waals surface area contributed by atoms with Crippen LogP contribution in [0.5, 0.6) is 0 Å². The Balaban J connectivity index is 1.58. The first-order chi connectivity index (χ1) is 9.75. The molecular formula is C16H23N3O. The number of anilines is 1. The maximum atomic E-state index is 12.4. The topological polar surface area (TPSA) is 44.4 Å². The van der Waals surface area contributed by atoms with Crippen LogP contribution in [-0.2, 0) is 4.79 Å². The van der Waals surface area contributed by atoms with Gasteiger partial charge in [-0.1, -0.05) is 24.6 Å². The third-order valence-corrected chi connectivity index (χ3v) is 4.58. The Kier molecular flexibility index (Phi) is 3.92. The van der Waals surface area contributed by atoms with Crippen LogP contribution in [0, 0.1) is 0 Å². The number of piperidine rings is 1. The summed E-state index contributed by atoms with van der Waals surface area (Å²) < 4.78 is 0. The number of fused-ring (bicyclic) bond motifs is 1. The van der Waals surface area contributed by atoms with Gasteiger partial charge in [-0.05, 0) is 38.1 Å². The first kappa shape index (κ1) is 13.4. The molecule has 20 heavy (non-hydrogen) atoms. The fraction of sp³-hybridized carbons (Fsp3) is 0.562. The molecule has 1 fully saturated rings. The van der Waals surface area contributed by atoms with Gasteiger partial charge in [0.1, 0.15) is 0 Å². The number of likely N-dealkylation sites (tertiary alicyclic amines) is 1. The number of hydrogen-bond acceptors (Lipinski definition) is 3. The zero-order chi connectivity index (χ0) is 13.9. The summed E-state index contributed by atoms with van der Waals surface area (Å²) in [5.74, 6) is 0.113. The highest BCUT2D eigenvalue weighted by atomic mass is 16.1. The van der Waals surface area contributed by atoms with Crippen LogP contribution < -0.4 is 10.6 Å². The Morgan fingerprint density at radius 3 is 3.10 bits per heavy atom. The van der Waals surface area contributed by atoms with Crippen molar-refractivity contribution in [1.29, 1.82) is 0 Å². The molecular weight excluding hydrogens is 250 g/mol. The molecule has 0 spiro atoms. The fourth-order valence-corrected chi connectivity index (χ4v) is 3.26. The van der Waals surface area contributed by atoms with E-state index in [0.29, 0.717) is 12.6 Å². The Bertz CT molecular complexity index is 488. The van der Waals surface area contributed by atoms with E-state index >= 15 is 0 Å². The predicted octanol–water partition coefficient (Wildman–Crippen LogP) is 1.80. The average Bonchev–Trinajstić information content (AvgIpc) is 2.90. The zero-order valence-electron chi connectivity index (χ0n) is 12.1. The van der Waals surface area contributed by atoms with E-state index in [1.807, 2.05) is 24.3 Å². The van der Waals surface area contributed by atoms with Crippen LogP contribution in [0.3, 0.4) is 0 Å². The van der Waals surface area contributed by atoms with Crippen molar-refractivity contribution in [2.24, 2.45) is 0 Å². The third-order valence-electron chi connectivity index (χ3n) is 4.58. The molecule has 1 aromatic rings. The van der Waals surface area contributed by atoms with Crippen LogP contribution in [0.2, 0.25) is 0 Å². The quantitative estimate of drug-likeness (QED) is 0.882. The third kappa shape index (κ3) is 2.66. The van der Waals surface area contributed by atoms with Crippen molar-refractivity contribution in [3.05, 3.63) is 29.8 Å². The van der Waals surface area contributed by atoms with Gasteiger partial charge in [-0.3, -0.25) is 4.79 Å². The molecule has 0 bridgehead atoms. The van der Waals surface area contributed by atoms with E-state index in [9.17, 15) is 4.79 Å². The van der Waals surface area contributed by atoms with Crippen molar-refractivity contribution >= 4 is 11.6 Å². The number of hydrogen-bond donors (Lipinski definition) is 2. The number of benzene rings is 1. The van der Waals surface area contributed by atoms with Crippen LogP contribution in [-0.4, -0.2) is 43.5 Å². The number of carbonyl (C=O) groups excluding carboxylic acids is 1. The van der Waals surface area contributed by atoms with Gasteiger partial charge in [0, 0.05) is 24.8 Å². The Morgan fingerprint density at radius 1 is 1.40 bits per heavy atom. The number of likely N-dealkylation sites (N-methyl/N-ethyl adjacent to an activating group) is 1. The normalized spacial score (nSPS) is 25.9. The van der Waals surface area contributed by atoms with Gasteiger partial charge < -0.3 is 15.5 Å². The van der Waals surface area contributed by atoms with Gasteiger partial charge in [-0.25, -0.2) is 0 Å². The molecule has 0 radical (unpaired) electrons. The van der Waals surface area contributed by atoms with Crippen molar-refractivity contribution in [2.75, 3.05) is 32.0 Å². The molecule has 3 rings (SSSR count). The van der Waals surface area contributed by atoms with Crippen LogP contribution in [0.1, 0.15) is 30.7 Å². The lowest BCUT2D eigenvalue weighted by molar-refractivity contribution is -0.122. The number of amides is 1. The lowest BCUT2D eigenvalue weighted by Gasteiger charge is -2.32. The largest absolute Gasteiger partial charge is 0.384 e. The van der Waals surface area contributed by atoms with E-state index < -0.39 is 0 Å². The molecule has 1 saturated heterocycles. The summed E-state index contributed by atoms with van der Waals surface area (Å²) in [6.45, 7) is 2.63. The molecule has 2 aliphatic heterocycles. The number of carbonyl (C=O) groups is 1. The molecule has 0 aliphatic carbocycles. The Morgan fingerprint density at radius 2 is 2.25 bits per heavy atom. The molecule has 108 valence electrons. The standard InChI is InChI=1S/C16H23N3O/c1-19-9-5-4-6-12(19)10-18-16(20)14-11-17-15-8-3-2-7-13(14)15/h2-3,7-8,12,14,17H,4-6,9-11H2,1H3,(H,18,20). The fourth-order valence-electron chi connectivity index (χ4n) is 3.26. The Hall–Kier alpha value is -1.55. The number of nitrogens with zero attached hydrogens (tertiary/aromatic N) is 1. The molecule has 0 saturated carbocycles. The molecule has 2 atom stereocenters. The monoisotopic (exact) mass is 273 g/mol. The van der Waals surface area contributed by atoms with Gasteiger partial charge in [-0.2, -0.15) is 0 Å². The van der Waals surface area contributed by atoms with Crippen molar-refractivity contribution in [1.82, 2.24) is 10.2 Å². The molecule has 4 heteroatoms. The summed E-state index contributed by atoms with van der Waals surface area (Å²) in [5, 5.41) is 6.45. The van der Waals surface area contributed by atoms with Crippen molar-refractivity contribution < 1.29 is 4.79 Å². The lowest BCUT2D eigenvalue weighted by atomic mass is 9.99. The van der Waals surface area contributed by atoms with Gasteiger partial charge in [0.05, 0.1) is 5.92 Å². The van der Waals surface area contributed by atoms with E-state index in [4.69, 9.17) is 0 Å². The Labute approximate surface area is 120 Å². The highest BCUT2D eigenvalue weighted by Crippen LogP contribution is 2.31. The number of nitrogens with one attached hydrogen (secondary N) is 2. The first-order valence-electron chi connectivity index (χ1n) is 7.56. The zero-order valence-corrected chi connectivity index (χ0v) is 12.1. The number of rotatable bonds is 3. The van der Waals surface area contributed by atoms with E-state index in [-0.39, 0.29) is 11.8 Å². The summed E-state index contributed by atoms with van der Waals surface area (Å²) in [6, 6.07) is 8.59. The van der Waals surface area contributed by atoms with E-state index in [1.165, 1.54) is 19.3 Å². The van der Waals surface area contributed by atoms with Gasteiger partial charge in [-0.15, -0.1) is 0 Å². The molecule has 4 nitrogen and oxygen atoms in total. The minimum Gasteiger partial charge on any atom is -0.384 e. The van der Waals surface area contributed by atoms with Gasteiger partial charge in [0.15, 0.2) is 0 Å². The van der Waals surface area contributed by atoms with Crippen molar-refractivity contribution in [3.8, 4) is 0 Å². The summed E-state index contributed by atoms with van der Waals surface area (Å²) in [6.07, 6.45) is 3.75. The second kappa shape index (κ2) is 5.83. The molecule has 1 amide bonds. The van der Waals surface area contributed by atoms with Crippen LogP contribution in [0.4, 0.5) is 5.69 Å². The molecule has 2 unspecified atom stereocenters. The maximum Gasteiger partial charge on any atom is 0.229 e. The van der Waals surface area contributed by atoms with Gasteiger partial charge in [0.2, 0.25) is 5.91 Å². The maximum absolute atomic E-state index is 12.4. The summed E-state index contributed by atoms with van der Waals surface area (Å²) in [7, 11) is 2.16. The van der Waals surface area contributed by atoms with E-state index in [1.54, 1.807) is 0 Å². The molecule has 0 aromatic heterocycles. The second-order valence-corrected chi connectivity index (χ2v) is 5.90. The smallest absolute Gasteiger partial charge is 0.229 e. The van der Waals surface area contributed by atoms with E-state index in [0.717, 1.165) is 24.3 Å². The summed E-state index contributed by atoms with van der Waals surface area (Å²) >= 11 is 0. The first-order valence-corrected chi connectivity index (χ1v) is 7.56. The minimum atomic E-state index is -0.0416. The SMILES string of the molecule is CN1CCCCC1CNC(=O)C1CNc2ccccc21. The molecule has 1 aromatic carbocycles. The molecule has 2 aliphatic rings. The lowest BCUT2D eigenvalue weighted by Crippen LogP contribution is -2.45. The van der Waals surface area contributed by atoms with Gasteiger partial charge >= 0.3 is 0 Å². The summed E-state index contributed by atoms with van der Waals surface area (Å²) in [4.78, 5) is 14.8. The molecule has 2 heterocycles. The van der Waals surface area contributed by atoms with Crippen molar-refractivity contribution in [3.63, 3.8) is 0 Å². The highest BCUT2D eigenvalue weighted by molar-refractivity contribution is 5.88. The van der Waals surface area contributed by atoms with Crippen LogP contribution in [0.15, 0.2) is 24.3 Å². The molecule has 2 N–H and O–H groups in total.